The lowest BCUT2D eigenvalue weighted by Gasteiger charge is -2.22. The van der Waals surface area contributed by atoms with Gasteiger partial charge >= 0.3 is 0 Å². The van der Waals surface area contributed by atoms with E-state index in [9.17, 15) is 0 Å². The molecule has 2 nitrogen and oxygen atoms in total. The van der Waals surface area contributed by atoms with Gasteiger partial charge in [-0.3, -0.25) is 0 Å². The van der Waals surface area contributed by atoms with Crippen LogP contribution < -0.4 is 0 Å². The number of aromatic nitrogens is 2. The highest BCUT2D eigenvalue weighted by molar-refractivity contribution is 6.42. The van der Waals surface area contributed by atoms with Gasteiger partial charge in [0, 0.05) is 11.6 Å². The molecule has 2 aromatic rings. The summed E-state index contributed by atoms with van der Waals surface area (Å²) in [6.07, 6.45) is 6.43. The molecule has 1 aliphatic carbocycles. The van der Waals surface area contributed by atoms with Crippen LogP contribution in [-0.4, -0.2) is 15.7 Å². The van der Waals surface area contributed by atoms with Gasteiger partial charge in [0.15, 0.2) is 0 Å². The van der Waals surface area contributed by atoms with E-state index >= 15 is 0 Å². The lowest BCUT2D eigenvalue weighted by atomic mass is 9.85. The second-order valence-electron chi connectivity index (χ2n) is 5.12. The van der Waals surface area contributed by atoms with E-state index in [-0.39, 0.29) is 0 Å². The van der Waals surface area contributed by atoms with Crippen LogP contribution >= 0.6 is 34.8 Å². The third kappa shape index (κ3) is 2.57. The summed E-state index contributed by atoms with van der Waals surface area (Å²) >= 11 is 18.0. The molecule has 20 heavy (non-hydrogen) atoms. The van der Waals surface area contributed by atoms with Crippen molar-refractivity contribution in [2.75, 3.05) is 5.88 Å². The Morgan fingerprint density at radius 2 is 2.10 bits per heavy atom. The minimum atomic E-state index is 0.535. The average molecular weight is 330 g/mol. The van der Waals surface area contributed by atoms with E-state index in [1.807, 2.05) is 29.1 Å². The first kappa shape index (κ1) is 14.2. The van der Waals surface area contributed by atoms with Gasteiger partial charge in [-0.2, -0.15) is 5.10 Å². The van der Waals surface area contributed by atoms with E-state index in [1.54, 1.807) is 0 Å². The third-order valence-corrected chi connectivity index (χ3v) is 4.87. The molecule has 1 unspecified atom stereocenters. The normalized spacial score (nSPS) is 18.1. The molecular weight excluding hydrogens is 315 g/mol. The first-order valence-electron chi connectivity index (χ1n) is 6.79. The number of hydrogen-bond acceptors (Lipinski definition) is 1. The van der Waals surface area contributed by atoms with Crippen molar-refractivity contribution < 1.29 is 0 Å². The fraction of sp³-hybridized carbons (Fsp3) is 0.400. The molecule has 3 rings (SSSR count). The molecule has 1 atom stereocenters. The van der Waals surface area contributed by atoms with Crippen molar-refractivity contribution in [1.29, 1.82) is 0 Å². The maximum absolute atomic E-state index is 6.10. The Balaban J connectivity index is 2.01. The van der Waals surface area contributed by atoms with Crippen molar-refractivity contribution in [3.63, 3.8) is 0 Å². The topological polar surface area (TPSA) is 17.8 Å². The molecule has 5 heteroatoms. The van der Waals surface area contributed by atoms with Gasteiger partial charge in [-0.1, -0.05) is 23.2 Å². The quantitative estimate of drug-likeness (QED) is 0.705. The second-order valence-corrected chi connectivity index (χ2v) is 6.32. The summed E-state index contributed by atoms with van der Waals surface area (Å²) in [6, 6.07) is 5.63. The largest absolute Gasteiger partial charge is 0.237 e. The van der Waals surface area contributed by atoms with Crippen LogP contribution in [0.1, 0.15) is 36.4 Å². The standard InChI is InChI=1S/C15H15Cl3N2/c16-7-6-10-2-1-3-15-12(10)9-19-20(15)11-4-5-13(17)14(18)8-11/h4-5,8-10H,1-3,6-7H2. The smallest absolute Gasteiger partial charge is 0.0664 e. The molecule has 0 spiro atoms. The van der Waals surface area contributed by atoms with Crippen LogP contribution in [0.2, 0.25) is 10.0 Å². The van der Waals surface area contributed by atoms with Crippen molar-refractivity contribution in [2.24, 2.45) is 0 Å². The lowest BCUT2D eigenvalue weighted by molar-refractivity contribution is 0.532. The van der Waals surface area contributed by atoms with Gasteiger partial charge in [-0.15, -0.1) is 11.6 Å². The number of benzene rings is 1. The van der Waals surface area contributed by atoms with Crippen molar-refractivity contribution in [3.05, 3.63) is 45.7 Å². The van der Waals surface area contributed by atoms with Crippen LogP contribution in [0, 0.1) is 0 Å². The zero-order valence-electron chi connectivity index (χ0n) is 11.0. The van der Waals surface area contributed by atoms with Crippen LogP contribution in [0.15, 0.2) is 24.4 Å². The minimum absolute atomic E-state index is 0.535. The SMILES string of the molecule is ClCCC1CCCc2c1cnn2-c1ccc(Cl)c(Cl)c1. The minimum Gasteiger partial charge on any atom is -0.237 e. The number of fused-ring (bicyclic) bond motifs is 1. The molecule has 1 aromatic carbocycles. The Bertz CT molecular complexity index is 622. The maximum atomic E-state index is 6.10. The van der Waals surface area contributed by atoms with E-state index in [0.29, 0.717) is 21.8 Å². The van der Waals surface area contributed by atoms with Crippen molar-refractivity contribution in [1.82, 2.24) is 9.78 Å². The van der Waals surface area contributed by atoms with Crippen molar-refractivity contribution in [2.45, 2.75) is 31.6 Å². The Kier molecular flexibility index (Phi) is 4.25. The van der Waals surface area contributed by atoms with Crippen LogP contribution in [-0.2, 0) is 6.42 Å². The highest BCUT2D eigenvalue weighted by Crippen LogP contribution is 2.35. The molecule has 1 aromatic heterocycles. The Labute approximate surface area is 133 Å². The third-order valence-electron chi connectivity index (χ3n) is 3.91. The van der Waals surface area contributed by atoms with Crippen LogP contribution in [0.5, 0.6) is 0 Å². The molecule has 0 bridgehead atoms. The number of rotatable bonds is 3. The summed E-state index contributed by atoms with van der Waals surface area (Å²) in [5, 5.41) is 5.67. The molecule has 1 heterocycles. The monoisotopic (exact) mass is 328 g/mol. The molecule has 0 fully saturated rings. The van der Waals surface area contributed by atoms with Gasteiger partial charge < -0.3 is 0 Å². The molecule has 0 saturated carbocycles. The Morgan fingerprint density at radius 1 is 1.25 bits per heavy atom. The summed E-state index contributed by atoms with van der Waals surface area (Å²) in [4.78, 5) is 0. The summed E-state index contributed by atoms with van der Waals surface area (Å²) < 4.78 is 1.98. The summed E-state index contributed by atoms with van der Waals surface area (Å²) in [5.41, 5.74) is 3.58. The molecule has 0 radical (unpaired) electrons. The number of halogens is 3. The molecule has 0 N–H and O–H groups in total. The van der Waals surface area contributed by atoms with Crippen LogP contribution in [0.25, 0.3) is 5.69 Å². The maximum Gasteiger partial charge on any atom is 0.0664 e. The Morgan fingerprint density at radius 3 is 2.85 bits per heavy atom. The zero-order chi connectivity index (χ0) is 14.1. The second kappa shape index (κ2) is 5.97. The van der Waals surface area contributed by atoms with Gasteiger partial charge in [-0.05, 0) is 55.4 Å². The lowest BCUT2D eigenvalue weighted by Crippen LogP contribution is -2.12. The van der Waals surface area contributed by atoms with Crippen LogP contribution in [0.3, 0.4) is 0 Å². The highest BCUT2D eigenvalue weighted by Gasteiger charge is 2.24. The summed E-state index contributed by atoms with van der Waals surface area (Å²) in [5.74, 6) is 1.23. The molecule has 0 amide bonds. The highest BCUT2D eigenvalue weighted by atomic mass is 35.5. The first-order chi connectivity index (χ1) is 9.70. The summed E-state index contributed by atoms with van der Waals surface area (Å²) in [7, 11) is 0. The molecule has 106 valence electrons. The predicted molar refractivity (Wildman–Crippen MR) is 84.6 cm³/mol. The molecule has 1 aliphatic rings. The first-order valence-corrected chi connectivity index (χ1v) is 8.08. The van der Waals surface area contributed by atoms with Gasteiger partial charge in [0.25, 0.3) is 0 Å². The fourth-order valence-electron chi connectivity index (χ4n) is 2.92. The van der Waals surface area contributed by atoms with E-state index in [4.69, 9.17) is 34.8 Å². The van der Waals surface area contributed by atoms with E-state index < -0.39 is 0 Å². The van der Waals surface area contributed by atoms with E-state index in [0.717, 1.165) is 18.5 Å². The van der Waals surface area contributed by atoms with Gasteiger partial charge in [0.05, 0.1) is 21.9 Å². The van der Waals surface area contributed by atoms with E-state index in [1.165, 1.54) is 24.1 Å². The van der Waals surface area contributed by atoms with Gasteiger partial charge in [0.1, 0.15) is 0 Å². The summed E-state index contributed by atoms with van der Waals surface area (Å²) in [6.45, 7) is 0. The molecule has 0 aliphatic heterocycles. The van der Waals surface area contributed by atoms with Gasteiger partial charge in [0.2, 0.25) is 0 Å². The predicted octanol–water partition coefficient (Wildman–Crippen LogP) is 5.23. The van der Waals surface area contributed by atoms with Crippen LogP contribution in [0.4, 0.5) is 0 Å². The number of nitrogens with zero attached hydrogens (tertiary/aromatic N) is 2. The van der Waals surface area contributed by atoms with E-state index in [2.05, 4.69) is 5.10 Å². The van der Waals surface area contributed by atoms with Crippen molar-refractivity contribution >= 4 is 34.8 Å². The van der Waals surface area contributed by atoms with Crippen molar-refractivity contribution in [3.8, 4) is 5.69 Å². The fourth-order valence-corrected chi connectivity index (χ4v) is 3.48. The Hall–Kier alpha value is -0.700. The average Bonchev–Trinajstić information content (AvgIpc) is 2.87. The number of hydrogen-bond donors (Lipinski definition) is 0. The number of alkyl halides is 1. The zero-order valence-corrected chi connectivity index (χ0v) is 13.2. The molecular formula is C15H15Cl3N2. The van der Waals surface area contributed by atoms with Gasteiger partial charge in [-0.25, -0.2) is 4.68 Å². The molecule has 0 saturated heterocycles.